The summed E-state index contributed by atoms with van der Waals surface area (Å²) in [5.74, 6) is 0.363. The smallest absolute Gasteiger partial charge is 0.261 e. The van der Waals surface area contributed by atoms with Gasteiger partial charge in [0.15, 0.2) is 6.61 Å². The van der Waals surface area contributed by atoms with E-state index in [1.807, 2.05) is 68.4 Å². The molecule has 0 aliphatic rings. The Labute approximate surface area is 193 Å². The molecule has 174 valence electrons. The molecule has 0 bridgehead atoms. The highest BCUT2D eigenvalue weighted by Crippen LogP contribution is 2.24. The summed E-state index contributed by atoms with van der Waals surface area (Å²) in [5.41, 5.74) is 2.40. The third kappa shape index (κ3) is 7.70. The van der Waals surface area contributed by atoms with Crippen molar-refractivity contribution in [2.75, 3.05) is 19.7 Å². The summed E-state index contributed by atoms with van der Waals surface area (Å²) in [5, 5.41) is 2.94. The molecular weight excluding hydrogens is 400 g/mol. The van der Waals surface area contributed by atoms with Crippen molar-refractivity contribution in [1.29, 1.82) is 0 Å². The lowest BCUT2D eigenvalue weighted by Gasteiger charge is -2.30. The molecule has 2 aromatic rings. The van der Waals surface area contributed by atoms with Crippen LogP contribution in [0.25, 0.3) is 0 Å². The van der Waals surface area contributed by atoms with E-state index in [0.29, 0.717) is 31.7 Å². The molecule has 5 heteroatoms. The summed E-state index contributed by atoms with van der Waals surface area (Å²) in [4.78, 5) is 27.6. The van der Waals surface area contributed by atoms with Crippen molar-refractivity contribution >= 4 is 11.8 Å². The number of nitrogens with one attached hydrogen (secondary N) is 1. The Morgan fingerprint density at radius 2 is 1.66 bits per heavy atom. The van der Waals surface area contributed by atoms with Crippen LogP contribution in [0.1, 0.15) is 58.6 Å². The molecule has 5 nitrogen and oxygen atoms in total. The maximum Gasteiger partial charge on any atom is 0.261 e. The molecule has 0 spiro atoms. The fraction of sp³-hybridized carbons (Fsp3) is 0.481. The molecule has 32 heavy (non-hydrogen) atoms. The molecule has 2 aromatic carbocycles. The molecule has 0 radical (unpaired) electrons. The molecule has 2 amide bonds. The first kappa shape index (κ1) is 25.4. The number of rotatable bonds is 11. The topological polar surface area (TPSA) is 58.6 Å². The van der Waals surface area contributed by atoms with Gasteiger partial charge < -0.3 is 15.0 Å². The van der Waals surface area contributed by atoms with Gasteiger partial charge in [-0.15, -0.1) is 0 Å². The van der Waals surface area contributed by atoms with Crippen molar-refractivity contribution in [3.05, 3.63) is 65.7 Å². The average molecular weight is 439 g/mol. The zero-order chi connectivity index (χ0) is 23.6. The second kappa shape index (κ2) is 12.3. The van der Waals surface area contributed by atoms with E-state index >= 15 is 0 Å². The minimum atomic E-state index is -0.510. The number of carbonyl (C=O) groups is 2. The first-order valence-corrected chi connectivity index (χ1v) is 11.6. The Hall–Kier alpha value is -2.82. The van der Waals surface area contributed by atoms with E-state index in [1.165, 1.54) is 5.56 Å². The van der Waals surface area contributed by atoms with Crippen LogP contribution in [0.3, 0.4) is 0 Å². The third-order valence-corrected chi connectivity index (χ3v) is 5.50. The number of nitrogens with zero attached hydrogens (tertiary/aromatic N) is 1. The van der Waals surface area contributed by atoms with Crippen molar-refractivity contribution in [1.82, 2.24) is 10.2 Å². The maximum atomic E-state index is 13.2. The Kier molecular flexibility index (Phi) is 9.76. The van der Waals surface area contributed by atoms with Gasteiger partial charge in [0.05, 0.1) is 0 Å². The summed E-state index contributed by atoms with van der Waals surface area (Å²) in [7, 11) is 0. The van der Waals surface area contributed by atoms with Crippen LogP contribution < -0.4 is 10.1 Å². The molecule has 0 heterocycles. The minimum absolute atomic E-state index is 0.0583. The highest BCUT2D eigenvalue weighted by atomic mass is 16.5. The number of hydrogen-bond donors (Lipinski definition) is 1. The quantitative estimate of drug-likeness (QED) is 0.551. The van der Waals surface area contributed by atoms with Crippen LogP contribution in [0.4, 0.5) is 0 Å². The number of ether oxygens (including phenoxy) is 1. The largest absolute Gasteiger partial charge is 0.484 e. The van der Waals surface area contributed by atoms with Crippen LogP contribution in [-0.4, -0.2) is 42.5 Å². The molecule has 1 unspecified atom stereocenters. The molecular formula is C27H38N2O3. The van der Waals surface area contributed by atoms with Crippen LogP contribution in [0.5, 0.6) is 5.75 Å². The molecule has 0 aromatic heterocycles. The number of amides is 2. The van der Waals surface area contributed by atoms with E-state index < -0.39 is 6.04 Å². The minimum Gasteiger partial charge on any atom is -0.484 e. The zero-order valence-electron chi connectivity index (χ0n) is 20.2. The predicted molar refractivity (Wildman–Crippen MR) is 130 cm³/mol. The van der Waals surface area contributed by atoms with Crippen molar-refractivity contribution in [2.24, 2.45) is 0 Å². The van der Waals surface area contributed by atoms with Gasteiger partial charge in [0.2, 0.25) is 5.91 Å². The van der Waals surface area contributed by atoms with Crippen LogP contribution in [0.15, 0.2) is 54.6 Å². The number of benzene rings is 2. The van der Waals surface area contributed by atoms with Gasteiger partial charge in [-0.05, 0) is 47.9 Å². The van der Waals surface area contributed by atoms with Crippen molar-refractivity contribution in [2.45, 2.75) is 65.3 Å². The second-order valence-corrected chi connectivity index (χ2v) is 9.10. The van der Waals surface area contributed by atoms with E-state index in [4.69, 9.17) is 4.74 Å². The monoisotopic (exact) mass is 438 g/mol. The molecule has 0 aliphatic carbocycles. The Bertz CT molecular complexity index is 841. The van der Waals surface area contributed by atoms with Crippen LogP contribution in [0.2, 0.25) is 0 Å². The zero-order valence-corrected chi connectivity index (χ0v) is 20.2. The molecule has 1 atom stereocenters. The van der Waals surface area contributed by atoms with Gasteiger partial charge in [-0.25, -0.2) is 0 Å². The van der Waals surface area contributed by atoms with Gasteiger partial charge in [0.25, 0.3) is 5.91 Å². The fourth-order valence-electron chi connectivity index (χ4n) is 3.54. The molecule has 0 saturated carbocycles. The standard InChI is InChI=1S/C27H38N2O3/c1-6-18-28-26(31)24(7-2)29(19-17-21-11-9-8-10-12-21)25(30)20-32-23-15-13-22(14-16-23)27(3,4)5/h8-16,24H,6-7,17-20H2,1-5H3,(H,28,31). The molecule has 2 rings (SSSR count). The van der Waals surface area contributed by atoms with E-state index in [1.54, 1.807) is 4.90 Å². The molecule has 0 saturated heterocycles. The number of hydrogen-bond acceptors (Lipinski definition) is 3. The first-order valence-electron chi connectivity index (χ1n) is 11.6. The Balaban J connectivity index is 2.10. The van der Waals surface area contributed by atoms with E-state index in [2.05, 4.69) is 26.1 Å². The normalized spacial score (nSPS) is 12.2. The Morgan fingerprint density at radius 3 is 2.22 bits per heavy atom. The predicted octanol–water partition coefficient (Wildman–Crippen LogP) is 4.74. The van der Waals surface area contributed by atoms with Crippen molar-refractivity contribution < 1.29 is 14.3 Å². The lowest BCUT2D eigenvalue weighted by Crippen LogP contribution is -2.51. The van der Waals surface area contributed by atoms with Crippen molar-refractivity contribution in [3.63, 3.8) is 0 Å². The molecule has 1 N–H and O–H groups in total. The highest BCUT2D eigenvalue weighted by Gasteiger charge is 2.28. The van der Waals surface area contributed by atoms with Crippen molar-refractivity contribution in [3.8, 4) is 5.75 Å². The first-order chi connectivity index (χ1) is 15.3. The van der Waals surface area contributed by atoms with Gasteiger partial charge >= 0.3 is 0 Å². The highest BCUT2D eigenvalue weighted by molar-refractivity contribution is 5.88. The SMILES string of the molecule is CCCNC(=O)C(CC)N(CCc1ccccc1)C(=O)COc1ccc(C(C)(C)C)cc1. The van der Waals surface area contributed by atoms with Gasteiger partial charge in [-0.1, -0.05) is 77.1 Å². The summed E-state index contributed by atoms with van der Waals surface area (Å²) >= 11 is 0. The van der Waals surface area contributed by atoms with Crippen LogP contribution in [0, 0.1) is 0 Å². The van der Waals surface area contributed by atoms with Crippen LogP contribution >= 0.6 is 0 Å². The van der Waals surface area contributed by atoms with Gasteiger partial charge in [0, 0.05) is 13.1 Å². The third-order valence-electron chi connectivity index (χ3n) is 5.50. The van der Waals surface area contributed by atoms with E-state index in [-0.39, 0.29) is 23.8 Å². The van der Waals surface area contributed by atoms with Gasteiger partial charge in [0.1, 0.15) is 11.8 Å². The second-order valence-electron chi connectivity index (χ2n) is 9.10. The van der Waals surface area contributed by atoms with Gasteiger partial charge in [-0.2, -0.15) is 0 Å². The summed E-state index contributed by atoms with van der Waals surface area (Å²) in [6.07, 6.45) is 2.09. The fourth-order valence-corrected chi connectivity index (χ4v) is 3.54. The molecule has 0 fully saturated rings. The molecule has 0 aliphatic heterocycles. The summed E-state index contributed by atoms with van der Waals surface area (Å²) < 4.78 is 5.80. The number of carbonyl (C=O) groups excluding carboxylic acids is 2. The lowest BCUT2D eigenvalue weighted by molar-refractivity contribution is -0.142. The van der Waals surface area contributed by atoms with Crippen LogP contribution in [-0.2, 0) is 21.4 Å². The lowest BCUT2D eigenvalue weighted by atomic mass is 9.87. The summed E-state index contributed by atoms with van der Waals surface area (Å²) in [6.45, 7) is 11.4. The maximum absolute atomic E-state index is 13.2. The average Bonchev–Trinajstić information content (AvgIpc) is 2.79. The van der Waals surface area contributed by atoms with E-state index in [0.717, 1.165) is 12.0 Å². The Morgan fingerprint density at radius 1 is 1.00 bits per heavy atom. The van der Waals surface area contributed by atoms with Gasteiger partial charge in [-0.3, -0.25) is 9.59 Å². The summed E-state index contributed by atoms with van der Waals surface area (Å²) in [6, 6.07) is 17.3. The van der Waals surface area contributed by atoms with E-state index in [9.17, 15) is 9.59 Å².